The van der Waals surface area contributed by atoms with Gasteiger partial charge in [-0.2, -0.15) is 8.42 Å². The van der Waals surface area contributed by atoms with Crippen molar-refractivity contribution in [2.75, 3.05) is 19.6 Å². The standard InChI is InChI=1S/C12H19O6P2S/c1-4-16-20(17-5-2)19(13)10-18-21(14,15)12-8-6-11(3)7-9-12/h6-9H,4-5,10H2,1-3H3/q+1. The van der Waals surface area contributed by atoms with Crippen LogP contribution in [0.5, 0.6) is 0 Å². The Morgan fingerprint density at radius 3 is 2.10 bits per heavy atom. The van der Waals surface area contributed by atoms with Gasteiger partial charge in [0.25, 0.3) is 6.35 Å². The summed E-state index contributed by atoms with van der Waals surface area (Å²) in [5.74, 6) is 0. The van der Waals surface area contributed by atoms with Crippen molar-refractivity contribution in [1.82, 2.24) is 0 Å². The molecular weight excluding hydrogens is 334 g/mol. The fourth-order valence-corrected chi connectivity index (χ4v) is 5.88. The minimum absolute atomic E-state index is 0.0358. The van der Waals surface area contributed by atoms with Gasteiger partial charge in [0.15, 0.2) is 0 Å². The van der Waals surface area contributed by atoms with Gasteiger partial charge in [-0.25, -0.2) is 4.18 Å². The van der Waals surface area contributed by atoms with Gasteiger partial charge in [-0.05, 0) is 32.9 Å². The van der Waals surface area contributed by atoms with Gasteiger partial charge in [0, 0.05) is 0 Å². The van der Waals surface area contributed by atoms with Gasteiger partial charge in [-0.1, -0.05) is 22.3 Å². The van der Waals surface area contributed by atoms with Crippen LogP contribution in [0.25, 0.3) is 0 Å². The lowest BCUT2D eigenvalue weighted by Crippen LogP contribution is -2.06. The van der Waals surface area contributed by atoms with Crippen molar-refractivity contribution in [3.05, 3.63) is 29.8 Å². The van der Waals surface area contributed by atoms with Crippen molar-refractivity contribution in [3.8, 4) is 0 Å². The summed E-state index contributed by atoms with van der Waals surface area (Å²) < 4.78 is 51.2. The Bertz CT molecular complexity index is 552. The zero-order valence-corrected chi connectivity index (χ0v) is 14.8. The van der Waals surface area contributed by atoms with Gasteiger partial charge in [0.2, 0.25) is 0 Å². The molecule has 0 fully saturated rings. The SMILES string of the molecule is CCOP(OCC)[P+](=O)COS(=O)(=O)c1ccc(C)cc1. The molecule has 0 heterocycles. The number of hydrogen-bond acceptors (Lipinski definition) is 6. The van der Waals surface area contributed by atoms with E-state index < -0.39 is 32.0 Å². The van der Waals surface area contributed by atoms with E-state index in [0.717, 1.165) is 5.56 Å². The lowest BCUT2D eigenvalue weighted by Gasteiger charge is -2.05. The Morgan fingerprint density at radius 2 is 1.62 bits per heavy atom. The fraction of sp³-hybridized carbons (Fsp3) is 0.500. The smallest absolute Gasteiger partial charge is 0.295 e. The van der Waals surface area contributed by atoms with Crippen molar-refractivity contribution in [2.24, 2.45) is 0 Å². The van der Waals surface area contributed by atoms with Gasteiger partial charge in [-0.15, -0.1) is 0 Å². The maximum Gasteiger partial charge on any atom is 0.460 e. The largest absolute Gasteiger partial charge is 0.460 e. The highest BCUT2D eigenvalue weighted by Crippen LogP contribution is 2.62. The van der Waals surface area contributed by atoms with Crippen LogP contribution in [0.4, 0.5) is 0 Å². The molecule has 0 aromatic heterocycles. The minimum atomic E-state index is -3.92. The summed E-state index contributed by atoms with van der Waals surface area (Å²) >= 11 is 0. The first kappa shape index (κ1) is 18.6. The van der Waals surface area contributed by atoms with E-state index in [1.54, 1.807) is 26.0 Å². The normalized spacial score (nSPS) is 12.7. The van der Waals surface area contributed by atoms with Crippen molar-refractivity contribution >= 4 is 25.7 Å². The topological polar surface area (TPSA) is 78.9 Å². The molecule has 0 saturated heterocycles. The monoisotopic (exact) mass is 353 g/mol. The highest BCUT2D eigenvalue weighted by atomic mass is 32.2. The Balaban J connectivity index is 2.68. The zero-order valence-electron chi connectivity index (χ0n) is 12.2. The van der Waals surface area contributed by atoms with Gasteiger partial charge in [-0.3, -0.25) is 9.05 Å². The molecule has 0 spiro atoms. The number of hydrogen-bond donors (Lipinski definition) is 0. The molecule has 0 saturated carbocycles. The molecule has 0 aliphatic heterocycles. The molecule has 1 aromatic carbocycles. The molecule has 0 N–H and O–H groups in total. The molecular formula is C12H19O6P2S+. The Kier molecular flexibility index (Phi) is 7.88. The Labute approximate surface area is 127 Å². The predicted octanol–water partition coefficient (Wildman–Crippen LogP) is 3.79. The summed E-state index contributed by atoms with van der Waals surface area (Å²) in [6.45, 7) is 6.05. The third-order valence-electron chi connectivity index (χ3n) is 2.29. The molecule has 1 aromatic rings. The highest BCUT2D eigenvalue weighted by molar-refractivity contribution is 8.19. The molecule has 0 aliphatic carbocycles. The van der Waals surface area contributed by atoms with Crippen LogP contribution in [-0.4, -0.2) is 28.0 Å². The average molecular weight is 353 g/mol. The van der Waals surface area contributed by atoms with Crippen molar-refractivity contribution in [1.29, 1.82) is 0 Å². The zero-order chi connectivity index (χ0) is 15.9. The summed E-state index contributed by atoms with van der Waals surface area (Å²) in [6, 6.07) is 6.24. The first-order valence-corrected chi connectivity index (χ1v) is 11.1. The highest BCUT2D eigenvalue weighted by Gasteiger charge is 2.37. The second-order valence-electron chi connectivity index (χ2n) is 3.94. The van der Waals surface area contributed by atoms with E-state index >= 15 is 0 Å². The van der Waals surface area contributed by atoms with Gasteiger partial charge >= 0.3 is 25.7 Å². The van der Waals surface area contributed by atoms with E-state index in [1.807, 2.05) is 6.92 Å². The van der Waals surface area contributed by atoms with Crippen LogP contribution in [0.2, 0.25) is 0 Å². The second kappa shape index (κ2) is 8.89. The minimum Gasteiger partial charge on any atom is -0.295 e. The van der Waals surface area contributed by atoms with Crippen molar-refractivity contribution < 1.29 is 26.2 Å². The van der Waals surface area contributed by atoms with Crippen molar-refractivity contribution in [2.45, 2.75) is 25.7 Å². The lowest BCUT2D eigenvalue weighted by atomic mass is 10.2. The molecule has 1 unspecified atom stereocenters. The number of rotatable bonds is 9. The van der Waals surface area contributed by atoms with Crippen LogP contribution in [-0.2, 0) is 27.9 Å². The first-order valence-electron chi connectivity index (χ1n) is 6.37. The third kappa shape index (κ3) is 6.07. The summed E-state index contributed by atoms with van der Waals surface area (Å²) in [5, 5.41) is 0. The second-order valence-corrected chi connectivity index (χ2v) is 9.83. The summed E-state index contributed by atoms with van der Waals surface area (Å²) in [4.78, 5) is 0.0358. The number of benzene rings is 1. The van der Waals surface area contributed by atoms with E-state index in [2.05, 4.69) is 0 Å². The van der Waals surface area contributed by atoms with Crippen LogP contribution in [0, 0.1) is 6.92 Å². The summed E-state index contributed by atoms with van der Waals surface area (Å²) in [5.41, 5.74) is 0.941. The Morgan fingerprint density at radius 1 is 1.10 bits per heavy atom. The van der Waals surface area contributed by atoms with E-state index in [9.17, 15) is 13.0 Å². The molecule has 1 rings (SSSR count). The van der Waals surface area contributed by atoms with Gasteiger partial charge in [0.05, 0.1) is 18.1 Å². The molecule has 6 nitrogen and oxygen atoms in total. The van der Waals surface area contributed by atoms with E-state index in [1.165, 1.54) is 12.1 Å². The quantitative estimate of drug-likeness (QED) is 0.496. The maximum absolute atomic E-state index is 12.0. The fourth-order valence-electron chi connectivity index (χ4n) is 1.32. The van der Waals surface area contributed by atoms with E-state index in [4.69, 9.17) is 13.2 Å². The van der Waals surface area contributed by atoms with Gasteiger partial charge < -0.3 is 0 Å². The summed E-state index contributed by atoms with van der Waals surface area (Å²) in [7, 11) is -7.60. The molecule has 0 amide bonds. The van der Waals surface area contributed by atoms with E-state index in [-0.39, 0.29) is 4.90 Å². The van der Waals surface area contributed by atoms with Crippen LogP contribution in [0.3, 0.4) is 0 Å². The molecule has 9 heteroatoms. The maximum atomic E-state index is 12.0. The lowest BCUT2D eigenvalue weighted by molar-refractivity contribution is 0.280. The molecule has 1 atom stereocenters. The van der Waals surface area contributed by atoms with Crippen LogP contribution in [0.15, 0.2) is 29.2 Å². The van der Waals surface area contributed by atoms with Gasteiger partial charge in [0.1, 0.15) is 0 Å². The van der Waals surface area contributed by atoms with E-state index in [0.29, 0.717) is 13.2 Å². The molecule has 0 radical (unpaired) electrons. The third-order valence-corrected chi connectivity index (χ3v) is 7.55. The number of aryl methyl sites for hydroxylation is 1. The van der Waals surface area contributed by atoms with Crippen LogP contribution < -0.4 is 0 Å². The summed E-state index contributed by atoms with van der Waals surface area (Å²) in [6.07, 6.45) is -0.447. The van der Waals surface area contributed by atoms with Crippen LogP contribution in [0.1, 0.15) is 19.4 Å². The molecule has 118 valence electrons. The first-order chi connectivity index (χ1) is 9.90. The molecule has 21 heavy (non-hydrogen) atoms. The Hall–Kier alpha value is -0.420. The molecule has 0 aliphatic rings. The van der Waals surface area contributed by atoms with Crippen molar-refractivity contribution in [3.63, 3.8) is 0 Å². The predicted molar refractivity (Wildman–Crippen MR) is 82.1 cm³/mol. The molecule has 0 bridgehead atoms. The average Bonchev–Trinajstić information content (AvgIpc) is 2.45. The van der Waals surface area contributed by atoms with Crippen LogP contribution >= 0.6 is 15.6 Å².